The lowest BCUT2D eigenvalue weighted by Crippen LogP contribution is -2.35. The Morgan fingerprint density at radius 2 is 2.11 bits per heavy atom. The van der Waals surface area contributed by atoms with E-state index in [1.54, 1.807) is 25.1 Å². The van der Waals surface area contributed by atoms with E-state index < -0.39 is 5.97 Å². The molecule has 2 amide bonds. The topological polar surface area (TPSA) is 110 Å². The fourth-order valence-corrected chi connectivity index (χ4v) is 2.78. The van der Waals surface area contributed by atoms with Gasteiger partial charge in [0.25, 0.3) is 0 Å². The Morgan fingerprint density at radius 3 is 2.82 bits per heavy atom. The van der Waals surface area contributed by atoms with Crippen LogP contribution in [0.25, 0.3) is 22.6 Å². The van der Waals surface area contributed by atoms with Gasteiger partial charge in [-0.2, -0.15) is 0 Å². The highest BCUT2D eigenvalue weighted by atomic mass is 32.1. The molecular weight excluding hydrogens is 382 g/mol. The van der Waals surface area contributed by atoms with Gasteiger partial charge in [0.1, 0.15) is 28.4 Å². The summed E-state index contributed by atoms with van der Waals surface area (Å²) in [6.07, 6.45) is 3.48. The first-order chi connectivity index (χ1) is 13.5. The van der Waals surface area contributed by atoms with Crippen molar-refractivity contribution in [3.05, 3.63) is 35.7 Å². The summed E-state index contributed by atoms with van der Waals surface area (Å²) in [4.78, 5) is 37.1. The smallest absolute Gasteiger partial charge is 0.341 e. The molecule has 144 valence electrons. The standard InChI is InChI=1S/C18H17N5O4S/c1-9-11(17(24)26-2)7-14(27-9)13-8-19-12-5-6-15(22-16(12)21-13)23(28)18(25)20-10-3-4-10/h5-8,10,28H,3-4H2,1-2H3,(H,20,25). The first-order valence-electron chi connectivity index (χ1n) is 8.58. The first kappa shape index (κ1) is 18.2. The van der Waals surface area contributed by atoms with Crippen LogP contribution in [0.1, 0.15) is 29.0 Å². The minimum atomic E-state index is -0.492. The minimum absolute atomic E-state index is 0.209. The number of urea groups is 1. The van der Waals surface area contributed by atoms with E-state index in [1.807, 2.05) is 0 Å². The number of ether oxygens (including phenoxy) is 1. The average molecular weight is 399 g/mol. The lowest BCUT2D eigenvalue weighted by Gasteiger charge is -2.15. The molecule has 0 bridgehead atoms. The molecule has 0 aliphatic heterocycles. The van der Waals surface area contributed by atoms with Crippen molar-refractivity contribution >= 4 is 41.8 Å². The fourth-order valence-electron chi connectivity index (χ4n) is 2.61. The zero-order chi connectivity index (χ0) is 19.8. The van der Waals surface area contributed by atoms with Crippen LogP contribution in [-0.4, -0.2) is 40.1 Å². The number of carbonyl (C=O) groups excluding carboxylic acids is 2. The minimum Gasteiger partial charge on any atom is -0.465 e. The summed E-state index contributed by atoms with van der Waals surface area (Å²) in [5.74, 6) is 0.623. The van der Waals surface area contributed by atoms with E-state index in [-0.39, 0.29) is 12.1 Å². The van der Waals surface area contributed by atoms with Crippen molar-refractivity contribution in [3.8, 4) is 11.5 Å². The molecule has 0 radical (unpaired) electrons. The number of aryl methyl sites for hydroxylation is 1. The Labute approximate surface area is 165 Å². The van der Waals surface area contributed by atoms with Gasteiger partial charge < -0.3 is 14.5 Å². The number of fused-ring (bicyclic) bond motifs is 1. The lowest BCUT2D eigenvalue weighted by molar-refractivity contribution is 0.0598. The zero-order valence-electron chi connectivity index (χ0n) is 15.2. The number of anilines is 1. The van der Waals surface area contributed by atoms with E-state index in [9.17, 15) is 9.59 Å². The number of carbonyl (C=O) groups is 2. The number of nitrogens with one attached hydrogen (secondary N) is 1. The summed E-state index contributed by atoms with van der Waals surface area (Å²) in [6.45, 7) is 1.66. The van der Waals surface area contributed by atoms with Gasteiger partial charge in [0.15, 0.2) is 11.4 Å². The zero-order valence-corrected chi connectivity index (χ0v) is 16.1. The van der Waals surface area contributed by atoms with Gasteiger partial charge in [-0.05, 0) is 31.9 Å². The van der Waals surface area contributed by atoms with Crippen LogP contribution < -0.4 is 9.62 Å². The SMILES string of the molecule is COC(=O)c1cc(-c2cnc3ccc(N(S)C(=O)NC4CC4)nc3n2)oc1C. The number of thiol groups is 1. The van der Waals surface area contributed by atoms with E-state index in [1.165, 1.54) is 13.3 Å². The van der Waals surface area contributed by atoms with Crippen molar-refractivity contribution in [1.82, 2.24) is 20.3 Å². The third-order valence-electron chi connectivity index (χ3n) is 4.28. The van der Waals surface area contributed by atoms with Crippen molar-refractivity contribution in [2.45, 2.75) is 25.8 Å². The van der Waals surface area contributed by atoms with Crippen molar-refractivity contribution in [1.29, 1.82) is 0 Å². The van der Waals surface area contributed by atoms with E-state index in [4.69, 9.17) is 9.15 Å². The maximum absolute atomic E-state index is 12.2. The largest absolute Gasteiger partial charge is 0.465 e. The van der Waals surface area contributed by atoms with Crippen molar-refractivity contribution < 1.29 is 18.7 Å². The molecule has 0 spiro atoms. The number of amides is 2. The molecule has 0 atom stereocenters. The van der Waals surface area contributed by atoms with Gasteiger partial charge in [0.2, 0.25) is 0 Å². The van der Waals surface area contributed by atoms with E-state index in [0.29, 0.717) is 39.8 Å². The summed E-state index contributed by atoms with van der Waals surface area (Å²) < 4.78 is 11.5. The number of furan rings is 1. The number of hydrogen-bond donors (Lipinski definition) is 2. The highest BCUT2D eigenvalue weighted by Crippen LogP contribution is 2.26. The Morgan fingerprint density at radius 1 is 1.32 bits per heavy atom. The van der Waals surface area contributed by atoms with Crippen LogP contribution in [-0.2, 0) is 4.74 Å². The van der Waals surface area contributed by atoms with Gasteiger partial charge >= 0.3 is 12.0 Å². The molecule has 3 aromatic heterocycles. The molecule has 28 heavy (non-hydrogen) atoms. The monoisotopic (exact) mass is 399 g/mol. The van der Waals surface area contributed by atoms with Crippen LogP contribution in [0.4, 0.5) is 10.6 Å². The molecule has 1 aliphatic rings. The average Bonchev–Trinajstić information content (AvgIpc) is 3.44. The quantitative estimate of drug-likeness (QED) is 0.513. The molecule has 1 saturated carbocycles. The summed E-state index contributed by atoms with van der Waals surface area (Å²) in [7, 11) is 1.30. The Bertz CT molecular complexity index is 1080. The second-order valence-electron chi connectivity index (χ2n) is 6.38. The summed E-state index contributed by atoms with van der Waals surface area (Å²) in [5, 5.41) is 2.84. The number of esters is 1. The fraction of sp³-hybridized carbons (Fsp3) is 0.278. The van der Waals surface area contributed by atoms with Gasteiger partial charge in [-0.1, -0.05) is 12.8 Å². The second kappa shape index (κ2) is 7.12. The Kier molecular flexibility index (Phi) is 4.63. The van der Waals surface area contributed by atoms with Gasteiger partial charge in [-0.25, -0.2) is 23.9 Å². The highest BCUT2D eigenvalue weighted by molar-refractivity contribution is 7.82. The molecule has 3 heterocycles. The second-order valence-corrected chi connectivity index (χ2v) is 6.78. The predicted molar refractivity (Wildman–Crippen MR) is 104 cm³/mol. The highest BCUT2D eigenvalue weighted by Gasteiger charge is 2.26. The van der Waals surface area contributed by atoms with Crippen molar-refractivity contribution in [2.24, 2.45) is 0 Å². The van der Waals surface area contributed by atoms with Gasteiger partial charge in [0, 0.05) is 12.1 Å². The van der Waals surface area contributed by atoms with Gasteiger partial charge in [-0.3, -0.25) is 4.98 Å². The van der Waals surface area contributed by atoms with Crippen molar-refractivity contribution in [2.75, 3.05) is 11.4 Å². The molecule has 9 nitrogen and oxygen atoms in total. The maximum Gasteiger partial charge on any atom is 0.341 e. The third kappa shape index (κ3) is 3.50. The van der Waals surface area contributed by atoms with Gasteiger partial charge in [0.05, 0.1) is 13.3 Å². The van der Waals surface area contributed by atoms with Crippen LogP contribution in [0, 0.1) is 6.92 Å². The molecule has 1 N–H and O–H groups in total. The van der Waals surface area contributed by atoms with E-state index in [2.05, 4.69) is 33.1 Å². The number of aromatic nitrogens is 3. The van der Waals surface area contributed by atoms with Crippen LogP contribution in [0.15, 0.2) is 28.8 Å². The Hall–Kier alpha value is -3.14. The number of rotatable bonds is 4. The lowest BCUT2D eigenvalue weighted by atomic mass is 10.2. The maximum atomic E-state index is 12.2. The normalized spacial score (nSPS) is 13.4. The molecule has 0 saturated heterocycles. The molecule has 3 aromatic rings. The molecule has 0 unspecified atom stereocenters. The molecule has 0 aromatic carbocycles. The van der Waals surface area contributed by atoms with E-state index in [0.717, 1.165) is 17.1 Å². The first-order valence-corrected chi connectivity index (χ1v) is 8.98. The van der Waals surface area contributed by atoms with E-state index >= 15 is 0 Å². The molecule has 4 rings (SSSR count). The van der Waals surface area contributed by atoms with Crippen LogP contribution in [0.2, 0.25) is 0 Å². The molecular formula is C18H17N5O4S. The van der Waals surface area contributed by atoms with Crippen molar-refractivity contribution in [3.63, 3.8) is 0 Å². The summed E-state index contributed by atoms with van der Waals surface area (Å²) in [6, 6.07) is 4.76. The predicted octanol–water partition coefficient (Wildman–Crippen LogP) is 2.90. The van der Waals surface area contributed by atoms with Gasteiger partial charge in [-0.15, -0.1) is 0 Å². The Balaban J connectivity index is 1.66. The van der Waals surface area contributed by atoms with Crippen LogP contribution in [0.3, 0.4) is 0 Å². The molecule has 1 aliphatic carbocycles. The summed E-state index contributed by atoms with van der Waals surface area (Å²) >= 11 is 4.23. The number of nitrogens with zero attached hydrogens (tertiary/aromatic N) is 4. The van der Waals surface area contributed by atoms with Crippen LogP contribution in [0.5, 0.6) is 0 Å². The molecule has 1 fully saturated rings. The third-order valence-corrected chi connectivity index (χ3v) is 4.67. The number of pyridine rings is 1. The number of hydrogen-bond acceptors (Lipinski definition) is 8. The molecule has 10 heteroatoms. The number of methoxy groups -OCH3 is 1. The van der Waals surface area contributed by atoms with Crippen LogP contribution >= 0.6 is 12.8 Å². The summed E-state index contributed by atoms with van der Waals surface area (Å²) in [5.41, 5.74) is 1.60.